The van der Waals surface area contributed by atoms with Crippen molar-refractivity contribution in [3.8, 4) is 23.3 Å². The molecule has 188 valence electrons. The van der Waals surface area contributed by atoms with E-state index in [-0.39, 0.29) is 6.01 Å². The summed E-state index contributed by atoms with van der Waals surface area (Å²) in [6.07, 6.45) is 0.305. The lowest BCUT2D eigenvalue weighted by Crippen LogP contribution is -2.46. The molecule has 0 aliphatic carbocycles. The van der Waals surface area contributed by atoms with E-state index in [1.165, 1.54) is 7.11 Å². The Hall–Kier alpha value is -4.71. The minimum atomic E-state index is -0.698. The van der Waals surface area contributed by atoms with Gasteiger partial charge in [-0.25, -0.2) is 4.79 Å². The molecule has 1 aliphatic heterocycles. The molecule has 0 saturated carbocycles. The second-order valence-electron chi connectivity index (χ2n) is 8.53. The molecule has 5 rings (SSSR count). The fourth-order valence-electron chi connectivity index (χ4n) is 4.46. The number of aromatic nitrogens is 1. The summed E-state index contributed by atoms with van der Waals surface area (Å²) in [4.78, 5) is 19.3. The average Bonchev–Trinajstić information content (AvgIpc) is 3.38. The first-order chi connectivity index (χ1) is 18.0. The molecule has 1 aromatic heterocycles. The maximum atomic E-state index is 12.9. The van der Waals surface area contributed by atoms with Crippen LogP contribution in [0.4, 0.5) is 6.01 Å². The van der Waals surface area contributed by atoms with E-state index in [1.807, 2.05) is 36.4 Å². The van der Waals surface area contributed by atoms with Gasteiger partial charge in [0.2, 0.25) is 0 Å². The van der Waals surface area contributed by atoms with Gasteiger partial charge in [-0.15, -0.1) is 0 Å². The van der Waals surface area contributed by atoms with E-state index >= 15 is 0 Å². The number of methoxy groups -OCH3 is 3. The van der Waals surface area contributed by atoms with E-state index in [4.69, 9.17) is 23.4 Å². The van der Waals surface area contributed by atoms with Crippen molar-refractivity contribution >= 4 is 23.1 Å². The second kappa shape index (κ2) is 10.1. The van der Waals surface area contributed by atoms with Crippen molar-refractivity contribution in [3.63, 3.8) is 0 Å². The summed E-state index contributed by atoms with van der Waals surface area (Å²) >= 11 is 0. The predicted molar refractivity (Wildman–Crippen MR) is 135 cm³/mol. The van der Waals surface area contributed by atoms with Gasteiger partial charge >= 0.3 is 5.97 Å². The van der Waals surface area contributed by atoms with Crippen LogP contribution in [0.25, 0.3) is 11.1 Å². The molecule has 3 aromatic carbocycles. The van der Waals surface area contributed by atoms with Gasteiger partial charge in [0.1, 0.15) is 23.9 Å². The van der Waals surface area contributed by atoms with E-state index in [9.17, 15) is 10.1 Å². The van der Waals surface area contributed by atoms with Crippen molar-refractivity contribution in [1.82, 2.24) is 4.98 Å². The Morgan fingerprint density at radius 2 is 1.92 bits per heavy atom. The van der Waals surface area contributed by atoms with Crippen LogP contribution in [0.15, 0.2) is 59.0 Å². The third-order valence-electron chi connectivity index (χ3n) is 6.42. The summed E-state index contributed by atoms with van der Waals surface area (Å²) < 4.78 is 28.2. The van der Waals surface area contributed by atoms with Gasteiger partial charge in [0.25, 0.3) is 6.01 Å². The zero-order chi connectivity index (χ0) is 25.9. The third-order valence-corrected chi connectivity index (χ3v) is 6.42. The molecule has 0 radical (unpaired) electrons. The number of carbonyl (C=O) groups is 1. The Kier molecular flexibility index (Phi) is 6.56. The van der Waals surface area contributed by atoms with E-state index in [1.54, 1.807) is 37.3 Å². The number of hydrogen-bond donors (Lipinski definition) is 0. The molecule has 1 aliphatic rings. The molecule has 0 saturated heterocycles. The maximum absolute atomic E-state index is 12.9. The number of anilines is 1. The summed E-state index contributed by atoms with van der Waals surface area (Å²) in [6, 6.07) is 18.1. The summed E-state index contributed by atoms with van der Waals surface area (Å²) in [5.74, 6) is 1.51. The van der Waals surface area contributed by atoms with Crippen LogP contribution < -0.4 is 19.1 Å². The van der Waals surface area contributed by atoms with E-state index in [0.717, 1.165) is 22.4 Å². The molecule has 0 amide bonds. The normalized spacial score (nSPS) is 14.5. The largest absolute Gasteiger partial charge is 0.497 e. The van der Waals surface area contributed by atoms with Crippen LogP contribution >= 0.6 is 0 Å². The lowest BCUT2D eigenvalue weighted by molar-refractivity contribution is -0.142. The smallest absolute Gasteiger partial charge is 0.329 e. The van der Waals surface area contributed by atoms with Crippen molar-refractivity contribution in [3.05, 3.63) is 76.9 Å². The second-order valence-corrected chi connectivity index (χ2v) is 8.53. The van der Waals surface area contributed by atoms with Crippen molar-refractivity contribution in [2.75, 3.05) is 26.2 Å². The van der Waals surface area contributed by atoms with E-state index in [0.29, 0.717) is 47.7 Å². The highest BCUT2D eigenvalue weighted by molar-refractivity contribution is 5.82. The van der Waals surface area contributed by atoms with Gasteiger partial charge in [-0.1, -0.05) is 18.2 Å². The van der Waals surface area contributed by atoms with Gasteiger partial charge in [0.05, 0.1) is 33.0 Å². The topological polar surface area (TPSA) is 107 Å². The highest BCUT2D eigenvalue weighted by atomic mass is 16.5. The van der Waals surface area contributed by atoms with Crippen molar-refractivity contribution in [2.45, 2.75) is 25.6 Å². The number of ether oxygens (including phenoxy) is 4. The maximum Gasteiger partial charge on any atom is 0.329 e. The monoisotopic (exact) mass is 499 g/mol. The number of carbonyl (C=O) groups excluding carboxylic acids is 1. The number of hydrogen-bond acceptors (Lipinski definition) is 9. The van der Waals surface area contributed by atoms with Gasteiger partial charge in [0.15, 0.2) is 17.1 Å². The van der Waals surface area contributed by atoms with Crippen LogP contribution in [0.3, 0.4) is 0 Å². The van der Waals surface area contributed by atoms with Gasteiger partial charge in [-0.2, -0.15) is 10.2 Å². The van der Waals surface area contributed by atoms with Gasteiger partial charge in [0, 0.05) is 24.6 Å². The van der Waals surface area contributed by atoms with Crippen LogP contribution in [-0.2, 0) is 29.1 Å². The molecule has 0 fully saturated rings. The van der Waals surface area contributed by atoms with Crippen LogP contribution in [-0.4, -0.2) is 38.3 Å². The molecule has 0 N–H and O–H groups in total. The molecule has 1 unspecified atom stereocenters. The van der Waals surface area contributed by atoms with Crippen molar-refractivity contribution < 1.29 is 28.2 Å². The number of oxazole rings is 1. The Labute approximate surface area is 213 Å². The first-order valence-corrected chi connectivity index (χ1v) is 11.6. The number of nitrogens with zero attached hydrogens (tertiary/aromatic N) is 3. The van der Waals surface area contributed by atoms with Gasteiger partial charge in [-0.05, 0) is 41.5 Å². The van der Waals surface area contributed by atoms with Crippen LogP contribution in [0.2, 0.25) is 0 Å². The lowest BCUT2D eigenvalue weighted by atomic mass is 9.92. The van der Waals surface area contributed by atoms with Gasteiger partial charge < -0.3 is 28.3 Å². The van der Waals surface area contributed by atoms with Crippen LogP contribution in [0.1, 0.15) is 22.3 Å². The summed E-state index contributed by atoms with van der Waals surface area (Å²) in [5.41, 5.74) is 4.32. The first kappa shape index (κ1) is 24.0. The molecular weight excluding hydrogens is 474 g/mol. The van der Waals surface area contributed by atoms with Crippen LogP contribution in [0, 0.1) is 11.3 Å². The molecule has 0 bridgehead atoms. The molecule has 9 nitrogen and oxygen atoms in total. The molecule has 1 atom stereocenters. The molecule has 37 heavy (non-hydrogen) atoms. The Bertz CT molecular complexity index is 1490. The van der Waals surface area contributed by atoms with Crippen LogP contribution in [0.5, 0.6) is 17.2 Å². The highest BCUT2D eigenvalue weighted by Gasteiger charge is 2.37. The molecule has 0 spiro atoms. The van der Waals surface area contributed by atoms with E-state index < -0.39 is 12.0 Å². The Morgan fingerprint density at radius 1 is 1.11 bits per heavy atom. The standard InChI is InChI=1S/C28H25N3O6/c1-33-20-8-4-17(5-9-20)16-36-26-21-13-23(27(32)35-3)31(15-19(21)7-11-24(26)34-2)28-30-22-10-6-18(14-29)12-25(22)37-28/h4-12,23H,13,15-16H2,1-3H3. The average molecular weight is 500 g/mol. The summed E-state index contributed by atoms with van der Waals surface area (Å²) in [5, 5.41) is 9.21. The SMILES string of the molecule is COC(=O)C1Cc2c(ccc(OC)c2OCc2ccc(OC)cc2)CN1c1nc2ccc(C#N)cc2o1. The number of nitriles is 1. The number of benzene rings is 3. The molecule has 9 heteroatoms. The summed E-state index contributed by atoms with van der Waals surface area (Å²) in [6.45, 7) is 0.658. The molecular formula is C28H25N3O6. The third kappa shape index (κ3) is 4.61. The Balaban J connectivity index is 1.50. The fourth-order valence-corrected chi connectivity index (χ4v) is 4.46. The molecule has 4 aromatic rings. The minimum Gasteiger partial charge on any atom is -0.497 e. The minimum absolute atomic E-state index is 0.280. The lowest BCUT2D eigenvalue weighted by Gasteiger charge is -2.35. The van der Waals surface area contributed by atoms with Gasteiger partial charge in [-0.3, -0.25) is 0 Å². The molecule has 2 heterocycles. The van der Waals surface area contributed by atoms with E-state index in [2.05, 4.69) is 11.1 Å². The predicted octanol–water partition coefficient (Wildman–Crippen LogP) is 4.40. The Morgan fingerprint density at radius 3 is 2.62 bits per heavy atom. The quantitative estimate of drug-likeness (QED) is 0.342. The highest BCUT2D eigenvalue weighted by Crippen LogP contribution is 2.40. The van der Waals surface area contributed by atoms with Crippen molar-refractivity contribution in [2.24, 2.45) is 0 Å². The number of rotatable bonds is 7. The number of fused-ring (bicyclic) bond motifs is 2. The number of esters is 1. The zero-order valence-corrected chi connectivity index (χ0v) is 20.7. The summed E-state index contributed by atoms with van der Waals surface area (Å²) in [7, 11) is 4.56. The first-order valence-electron chi connectivity index (χ1n) is 11.6. The zero-order valence-electron chi connectivity index (χ0n) is 20.7. The van der Waals surface area contributed by atoms with Crippen molar-refractivity contribution in [1.29, 1.82) is 5.26 Å². The fraction of sp³-hybridized carbons (Fsp3) is 0.250.